The summed E-state index contributed by atoms with van der Waals surface area (Å²) in [6, 6.07) is 1.97. The molecule has 1 saturated heterocycles. The SMILES string of the molecule is CC(NCCCCC#N)C(=O)N1CCOCC1. The molecule has 0 aromatic carbocycles. The molecule has 17 heavy (non-hydrogen) atoms. The van der Waals surface area contributed by atoms with E-state index in [1.54, 1.807) is 0 Å². The van der Waals surface area contributed by atoms with Crippen LogP contribution in [0, 0.1) is 11.3 Å². The molecule has 1 N–H and O–H groups in total. The Morgan fingerprint density at radius 1 is 1.47 bits per heavy atom. The van der Waals surface area contributed by atoms with Gasteiger partial charge in [-0.25, -0.2) is 0 Å². The second-order valence-electron chi connectivity index (χ2n) is 4.23. The zero-order valence-electron chi connectivity index (χ0n) is 10.4. The molecule has 96 valence electrons. The third-order valence-electron chi connectivity index (χ3n) is 2.86. The van der Waals surface area contributed by atoms with Crippen molar-refractivity contribution >= 4 is 5.91 Å². The molecule has 5 heteroatoms. The van der Waals surface area contributed by atoms with Gasteiger partial charge in [0.2, 0.25) is 5.91 Å². The summed E-state index contributed by atoms with van der Waals surface area (Å²) in [4.78, 5) is 13.8. The van der Waals surface area contributed by atoms with Gasteiger partial charge >= 0.3 is 0 Å². The minimum absolute atomic E-state index is 0.143. The van der Waals surface area contributed by atoms with Gasteiger partial charge in [-0.2, -0.15) is 5.26 Å². The van der Waals surface area contributed by atoms with Crippen LogP contribution in [-0.2, 0) is 9.53 Å². The molecule has 1 aliphatic rings. The highest BCUT2D eigenvalue weighted by molar-refractivity contribution is 5.81. The number of hydrogen-bond acceptors (Lipinski definition) is 4. The average molecular weight is 239 g/mol. The van der Waals surface area contributed by atoms with Crippen molar-refractivity contribution in [1.82, 2.24) is 10.2 Å². The number of nitrogens with zero attached hydrogens (tertiary/aromatic N) is 2. The summed E-state index contributed by atoms with van der Waals surface area (Å²) in [5, 5.41) is 11.6. The molecule has 1 heterocycles. The zero-order chi connectivity index (χ0) is 12.5. The number of nitrogens with one attached hydrogen (secondary N) is 1. The Kier molecular flexibility index (Phi) is 6.60. The summed E-state index contributed by atoms with van der Waals surface area (Å²) in [6.07, 6.45) is 2.42. The molecule has 0 bridgehead atoms. The first-order chi connectivity index (χ1) is 8.25. The normalized spacial score (nSPS) is 17.5. The van der Waals surface area contributed by atoms with Crippen LogP contribution in [0.2, 0.25) is 0 Å². The summed E-state index contributed by atoms with van der Waals surface area (Å²) in [5.74, 6) is 0.147. The van der Waals surface area contributed by atoms with E-state index in [4.69, 9.17) is 10.00 Å². The Morgan fingerprint density at radius 2 is 2.18 bits per heavy atom. The van der Waals surface area contributed by atoms with E-state index in [1.165, 1.54) is 0 Å². The first-order valence-electron chi connectivity index (χ1n) is 6.22. The van der Waals surface area contributed by atoms with Crippen molar-refractivity contribution in [3.63, 3.8) is 0 Å². The molecule has 1 unspecified atom stereocenters. The van der Waals surface area contributed by atoms with Crippen LogP contribution in [0.4, 0.5) is 0 Å². The first kappa shape index (κ1) is 13.9. The highest BCUT2D eigenvalue weighted by atomic mass is 16.5. The third-order valence-corrected chi connectivity index (χ3v) is 2.86. The van der Waals surface area contributed by atoms with Crippen LogP contribution >= 0.6 is 0 Å². The molecule has 1 fully saturated rings. The lowest BCUT2D eigenvalue weighted by atomic mass is 10.2. The Morgan fingerprint density at radius 3 is 2.82 bits per heavy atom. The van der Waals surface area contributed by atoms with Gasteiger partial charge in [-0.3, -0.25) is 4.79 Å². The fourth-order valence-electron chi connectivity index (χ4n) is 1.79. The Balaban J connectivity index is 2.15. The van der Waals surface area contributed by atoms with Gasteiger partial charge in [-0.05, 0) is 26.3 Å². The third kappa shape index (κ3) is 5.16. The van der Waals surface area contributed by atoms with E-state index in [0.717, 1.165) is 19.4 Å². The molecule has 0 saturated carbocycles. The van der Waals surface area contributed by atoms with Crippen LogP contribution in [-0.4, -0.2) is 49.7 Å². The van der Waals surface area contributed by atoms with Gasteiger partial charge in [0, 0.05) is 19.5 Å². The van der Waals surface area contributed by atoms with Crippen molar-refractivity contribution in [3.8, 4) is 6.07 Å². The van der Waals surface area contributed by atoms with Crippen LogP contribution in [0.3, 0.4) is 0 Å². The van der Waals surface area contributed by atoms with E-state index in [0.29, 0.717) is 32.7 Å². The van der Waals surface area contributed by atoms with E-state index in [-0.39, 0.29) is 11.9 Å². The number of carbonyl (C=O) groups excluding carboxylic acids is 1. The Bertz CT molecular complexity index is 269. The quantitative estimate of drug-likeness (QED) is 0.686. The van der Waals surface area contributed by atoms with E-state index < -0.39 is 0 Å². The van der Waals surface area contributed by atoms with Gasteiger partial charge < -0.3 is 15.0 Å². The summed E-state index contributed by atoms with van der Waals surface area (Å²) >= 11 is 0. The highest BCUT2D eigenvalue weighted by Crippen LogP contribution is 2.01. The molecule has 0 aromatic rings. The van der Waals surface area contributed by atoms with Crippen molar-refractivity contribution in [2.75, 3.05) is 32.8 Å². The molecule has 0 aromatic heterocycles. The molecule has 0 radical (unpaired) electrons. The number of amides is 1. The summed E-state index contributed by atoms with van der Waals surface area (Å²) in [6.45, 7) is 5.35. The maximum absolute atomic E-state index is 12.0. The molecule has 0 spiro atoms. The fourth-order valence-corrected chi connectivity index (χ4v) is 1.79. The number of nitriles is 1. The lowest BCUT2D eigenvalue weighted by Gasteiger charge is -2.29. The van der Waals surface area contributed by atoms with E-state index in [2.05, 4.69) is 11.4 Å². The van der Waals surface area contributed by atoms with Crippen LogP contribution in [0.1, 0.15) is 26.2 Å². The maximum Gasteiger partial charge on any atom is 0.239 e. The molecule has 5 nitrogen and oxygen atoms in total. The van der Waals surface area contributed by atoms with Crippen molar-refractivity contribution in [2.24, 2.45) is 0 Å². The minimum Gasteiger partial charge on any atom is -0.378 e. The van der Waals surface area contributed by atoms with Crippen LogP contribution in [0.5, 0.6) is 0 Å². The molecular formula is C12H21N3O2. The Labute approximate surface area is 103 Å². The number of ether oxygens (including phenoxy) is 1. The summed E-state index contributed by atoms with van der Waals surface area (Å²) in [7, 11) is 0. The van der Waals surface area contributed by atoms with Gasteiger partial charge in [-0.1, -0.05) is 0 Å². The molecule has 1 atom stereocenters. The molecular weight excluding hydrogens is 218 g/mol. The summed E-state index contributed by atoms with van der Waals surface area (Å²) < 4.78 is 5.21. The maximum atomic E-state index is 12.0. The van der Waals surface area contributed by atoms with Crippen molar-refractivity contribution < 1.29 is 9.53 Å². The standard InChI is InChI=1S/C12H21N3O2/c1-11(14-6-4-2-3-5-13)12(16)15-7-9-17-10-8-15/h11,14H,2-4,6-10H2,1H3. The summed E-state index contributed by atoms with van der Waals surface area (Å²) in [5.41, 5.74) is 0. The predicted octanol–water partition coefficient (Wildman–Crippen LogP) is 0.517. The lowest BCUT2D eigenvalue weighted by Crippen LogP contribution is -2.49. The number of morpholine rings is 1. The average Bonchev–Trinajstić information content (AvgIpc) is 2.38. The largest absolute Gasteiger partial charge is 0.378 e. The second kappa shape index (κ2) is 8.04. The Hall–Kier alpha value is -1.12. The predicted molar refractivity (Wildman–Crippen MR) is 64.3 cm³/mol. The van der Waals surface area contributed by atoms with E-state index in [1.807, 2.05) is 11.8 Å². The van der Waals surface area contributed by atoms with Crippen LogP contribution in [0.15, 0.2) is 0 Å². The van der Waals surface area contributed by atoms with Crippen LogP contribution in [0.25, 0.3) is 0 Å². The first-order valence-corrected chi connectivity index (χ1v) is 6.22. The minimum atomic E-state index is -0.143. The fraction of sp³-hybridized carbons (Fsp3) is 0.833. The van der Waals surface area contributed by atoms with Gasteiger partial charge in [0.15, 0.2) is 0 Å². The number of unbranched alkanes of at least 4 members (excludes halogenated alkanes) is 2. The zero-order valence-corrected chi connectivity index (χ0v) is 10.4. The van der Waals surface area contributed by atoms with E-state index in [9.17, 15) is 4.79 Å². The van der Waals surface area contributed by atoms with E-state index >= 15 is 0 Å². The smallest absolute Gasteiger partial charge is 0.239 e. The number of carbonyl (C=O) groups is 1. The van der Waals surface area contributed by atoms with Gasteiger partial charge in [0.1, 0.15) is 0 Å². The van der Waals surface area contributed by atoms with Crippen molar-refractivity contribution in [1.29, 1.82) is 5.26 Å². The highest BCUT2D eigenvalue weighted by Gasteiger charge is 2.21. The van der Waals surface area contributed by atoms with Crippen molar-refractivity contribution in [3.05, 3.63) is 0 Å². The molecule has 0 aliphatic carbocycles. The monoisotopic (exact) mass is 239 g/mol. The molecule has 1 amide bonds. The van der Waals surface area contributed by atoms with Gasteiger partial charge in [0.05, 0.1) is 25.3 Å². The second-order valence-corrected chi connectivity index (χ2v) is 4.23. The van der Waals surface area contributed by atoms with Gasteiger partial charge in [0.25, 0.3) is 0 Å². The van der Waals surface area contributed by atoms with Crippen molar-refractivity contribution in [2.45, 2.75) is 32.2 Å². The molecule has 1 rings (SSSR count). The van der Waals surface area contributed by atoms with Crippen LogP contribution < -0.4 is 5.32 Å². The number of hydrogen-bond donors (Lipinski definition) is 1. The van der Waals surface area contributed by atoms with Gasteiger partial charge in [-0.15, -0.1) is 0 Å². The topological polar surface area (TPSA) is 65.4 Å². The molecule has 1 aliphatic heterocycles. The lowest BCUT2D eigenvalue weighted by molar-refractivity contribution is -0.137. The number of rotatable bonds is 6.